The fourth-order valence-electron chi connectivity index (χ4n) is 5.23. The zero-order chi connectivity index (χ0) is 31.1. The van der Waals surface area contributed by atoms with Crippen molar-refractivity contribution in [3.63, 3.8) is 0 Å². The first kappa shape index (κ1) is 31.1. The lowest BCUT2D eigenvalue weighted by atomic mass is 9.95. The fraction of sp³-hybridized carbons (Fsp3) is 0.294. The lowest BCUT2D eigenvalue weighted by Gasteiger charge is -2.15. The van der Waals surface area contributed by atoms with E-state index in [1.807, 2.05) is 48.5 Å². The third-order valence-corrected chi connectivity index (χ3v) is 9.52. The molecule has 0 unspecified atom stereocenters. The zero-order valence-corrected chi connectivity index (χ0v) is 26.5. The number of pyridine rings is 1. The lowest BCUT2D eigenvalue weighted by Crippen LogP contribution is -2.16. The van der Waals surface area contributed by atoms with Gasteiger partial charge >= 0.3 is 5.97 Å². The number of hydrogen-bond acceptors (Lipinski definition) is 9. The Balaban J connectivity index is 1.42. The quantitative estimate of drug-likeness (QED) is 0.134. The van der Waals surface area contributed by atoms with Crippen LogP contribution in [0.25, 0.3) is 22.4 Å². The van der Waals surface area contributed by atoms with Crippen LogP contribution in [-0.4, -0.2) is 43.4 Å². The van der Waals surface area contributed by atoms with Gasteiger partial charge < -0.3 is 19.5 Å². The van der Waals surface area contributed by atoms with Gasteiger partial charge in [0.25, 0.3) is 0 Å². The van der Waals surface area contributed by atoms with E-state index in [1.54, 1.807) is 27.2 Å². The van der Waals surface area contributed by atoms with E-state index in [1.165, 1.54) is 23.1 Å². The molecule has 8 nitrogen and oxygen atoms in total. The highest BCUT2D eigenvalue weighted by Gasteiger charge is 2.27. The van der Waals surface area contributed by atoms with Crippen LogP contribution in [0.4, 0.5) is 5.00 Å². The highest BCUT2D eigenvalue weighted by atomic mass is 32.2. The van der Waals surface area contributed by atoms with Crippen LogP contribution in [0.3, 0.4) is 0 Å². The summed E-state index contributed by atoms with van der Waals surface area (Å²) in [6.07, 6.45) is 3.96. The summed E-state index contributed by atoms with van der Waals surface area (Å²) in [5, 5.41) is 14.4. The molecule has 2 heterocycles. The van der Waals surface area contributed by atoms with Crippen molar-refractivity contribution in [1.29, 1.82) is 5.26 Å². The lowest BCUT2D eigenvalue weighted by molar-refractivity contribution is -0.115. The van der Waals surface area contributed by atoms with Crippen molar-refractivity contribution < 1.29 is 23.8 Å². The predicted octanol–water partition coefficient (Wildman–Crippen LogP) is 7.54. The molecular formula is C34H33N3O5S2. The van der Waals surface area contributed by atoms with Gasteiger partial charge in [-0.25, -0.2) is 9.78 Å². The molecule has 0 fully saturated rings. The third kappa shape index (κ3) is 6.74. The van der Waals surface area contributed by atoms with Crippen molar-refractivity contribution in [3.8, 4) is 40.0 Å². The first-order chi connectivity index (χ1) is 21.5. The minimum atomic E-state index is -0.391. The first-order valence-electron chi connectivity index (χ1n) is 14.4. The highest BCUT2D eigenvalue weighted by Crippen LogP contribution is 2.41. The van der Waals surface area contributed by atoms with Gasteiger partial charge in [0.2, 0.25) is 5.91 Å². The van der Waals surface area contributed by atoms with Crippen LogP contribution in [0.1, 0.15) is 52.5 Å². The predicted molar refractivity (Wildman–Crippen MR) is 174 cm³/mol. The molecule has 5 rings (SSSR count). The number of anilines is 1. The van der Waals surface area contributed by atoms with E-state index in [2.05, 4.69) is 11.4 Å². The number of fused-ring (bicyclic) bond motifs is 1. The molecule has 4 aromatic rings. The van der Waals surface area contributed by atoms with Crippen LogP contribution >= 0.6 is 23.1 Å². The van der Waals surface area contributed by atoms with E-state index < -0.39 is 5.97 Å². The minimum absolute atomic E-state index is 0.162. The standard InChI is InChI=1S/C34H33N3O5S2/c1-4-42-34(39)31-23-12-8-9-13-29(23)44-33(31)37-30(38)16-17-43-32-26(20-35)24(19-27(36-32)21-10-6-5-7-11-21)25-18-22(40-2)14-15-28(25)41-3/h5-7,10-11,14-15,18-19H,4,8-9,12-13,16-17H2,1-3H3,(H,37,38). The molecule has 0 bridgehead atoms. The van der Waals surface area contributed by atoms with Crippen molar-refractivity contribution in [1.82, 2.24) is 4.98 Å². The van der Waals surface area contributed by atoms with Gasteiger partial charge in [-0.05, 0) is 62.4 Å². The molecule has 0 saturated heterocycles. The van der Waals surface area contributed by atoms with Crippen molar-refractivity contribution in [2.24, 2.45) is 0 Å². The highest BCUT2D eigenvalue weighted by molar-refractivity contribution is 7.99. The summed E-state index contributed by atoms with van der Waals surface area (Å²) in [7, 11) is 3.18. The normalized spacial score (nSPS) is 12.1. The van der Waals surface area contributed by atoms with Crippen molar-refractivity contribution in [2.75, 3.05) is 31.9 Å². The van der Waals surface area contributed by atoms with Crippen LogP contribution in [0.5, 0.6) is 11.5 Å². The van der Waals surface area contributed by atoms with Gasteiger partial charge in [-0.1, -0.05) is 30.3 Å². The van der Waals surface area contributed by atoms with E-state index in [-0.39, 0.29) is 18.9 Å². The third-order valence-electron chi connectivity index (χ3n) is 7.34. The van der Waals surface area contributed by atoms with E-state index in [0.717, 1.165) is 41.7 Å². The number of nitrogens with one attached hydrogen (secondary N) is 1. The fourth-order valence-corrected chi connectivity index (χ4v) is 7.47. The number of rotatable bonds is 11. The molecule has 0 saturated carbocycles. The van der Waals surface area contributed by atoms with Crippen molar-refractivity contribution >= 4 is 40.0 Å². The Morgan fingerprint density at radius 2 is 1.84 bits per heavy atom. The number of aryl methyl sites for hydroxylation is 1. The molecule has 44 heavy (non-hydrogen) atoms. The summed E-state index contributed by atoms with van der Waals surface area (Å²) >= 11 is 2.81. The van der Waals surface area contributed by atoms with Crippen LogP contribution < -0.4 is 14.8 Å². The number of esters is 1. The van der Waals surface area contributed by atoms with Crippen molar-refractivity contribution in [3.05, 3.63) is 76.2 Å². The maximum absolute atomic E-state index is 13.1. The molecule has 10 heteroatoms. The molecule has 1 N–H and O–H groups in total. The maximum atomic E-state index is 13.1. The monoisotopic (exact) mass is 627 g/mol. The van der Waals surface area contributed by atoms with E-state index in [0.29, 0.717) is 55.2 Å². The number of hydrogen-bond donors (Lipinski definition) is 1. The number of amides is 1. The topological polar surface area (TPSA) is 111 Å². The molecule has 1 amide bonds. The molecule has 2 aromatic heterocycles. The van der Waals surface area contributed by atoms with E-state index in [4.69, 9.17) is 19.2 Å². The molecule has 0 radical (unpaired) electrons. The van der Waals surface area contributed by atoms with Gasteiger partial charge in [0, 0.05) is 33.7 Å². The smallest absolute Gasteiger partial charge is 0.341 e. The molecular weight excluding hydrogens is 595 g/mol. The van der Waals surface area contributed by atoms with Gasteiger partial charge in [0.1, 0.15) is 27.6 Å². The SMILES string of the molecule is CCOC(=O)c1c(NC(=O)CCSc2nc(-c3ccccc3)cc(-c3cc(OC)ccc3OC)c2C#N)sc2c1CCCC2. The second-order valence-electron chi connectivity index (χ2n) is 10.1. The number of carbonyl (C=O) groups excluding carboxylic acids is 2. The molecule has 0 spiro atoms. The Morgan fingerprint density at radius 3 is 2.57 bits per heavy atom. The number of carbonyl (C=O) groups is 2. The number of benzene rings is 2. The number of nitriles is 1. The average molecular weight is 628 g/mol. The van der Waals surface area contributed by atoms with Gasteiger partial charge in [0.15, 0.2) is 0 Å². The van der Waals surface area contributed by atoms with Crippen LogP contribution in [-0.2, 0) is 22.4 Å². The second-order valence-corrected chi connectivity index (χ2v) is 12.3. The Labute approximate surface area is 265 Å². The Bertz CT molecular complexity index is 1710. The Morgan fingerprint density at radius 1 is 1.05 bits per heavy atom. The summed E-state index contributed by atoms with van der Waals surface area (Å²) < 4.78 is 16.4. The van der Waals surface area contributed by atoms with Gasteiger partial charge in [0.05, 0.1) is 37.6 Å². The number of aromatic nitrogens is 1. The number of ether oxygens (including phenoxy) is 3. The Hall–Kier alpha value is -4.33. The summed E-state index contributed by atoms with van der Waals surface area (Å²) in [5.74, 6) is 0.997. The second kappa shape index (κ2) is 14.4. The van der Waals surface area contributed by atoms with Gasteiger partial charge in [-0.15, -0.1) is 23.1 Å². The summed E-state index contributed by atoms with van der Waals surface area (Å²) in [6, 6.07) is 19.4. The number of nitrogens with zero attached hydrogens (tertiary/aromatic N) is 2. The van der Waals surface area contributed by atoms with Crippen LogP contribution in [0.2, 0.25) is 0 Å². The van der Waals surface area contributed by atoms with E-state index >= 15 is 0 Å². The van der Waals surface area contributed by atoms with Crippen molar-refractivity contribution in [2.45, 2.75) is 44.1 Å². The molecule has 0 atom stereocenters. The van der Waals surface area contributed by atoms with Gasteiger partial charge in [-0.3, -0.25) is 4.79 Å². The zero-order valence-electron chi connectivity index (χ0n) is 24.9. The Kier molecular flexibility index (Phi) is 10.2. The average Bonchev–Trinajstić information content (AvgIpc) is 3.42. The minimum Gasteiger partial charge on any atom is -0.497 e. The number of thiophene rings is 1. The summed E-state index contributed by atoms with van der Waals surface area (Å²) in [4.78, 5) is 32.0. The summed E-state index contributed by atoms with van der Waals surface area (Å²) in [6.45, 7) is 2.05. The molecule has 1 aliphatic rings. The largest absolute Gasteiger partial charge is 0.497 e. The van der Waals surface area contributed by atoms with E-state index in [9.17, 15) is 14.9 Å². The van der Waals surface area contributed by atoms with Gasteiger partial charge in [-0.2, -0.15) is 5.26 Å². The maximum Gasteiger partial charge on any atom is 0.341 e. The first-order valence-corrected chi connectivity index (χ1v) is 16.2. The molecule has 2 aromatic carbocycles. The summed E-state index contributed by atoms with van der Waals surface area (Å²) in [5.41, 5.74) is 4.84. The molecule has 1 aliphatic carbocycles. The molecule has 0 aliphatic heterocycles. The number of methoxy groups -OCH3 is 2. The van der Waals surface area contributed by atoms with Crippen LogP contribution in [0, 0.1) is 11.3 Å². The number of thioether (sulfide) groups is 1. The molecule has 226 valence electrons. The van der Waals surface area contributed by atoms with Crippen LogP contribution in [0.15, 0.2) is 59.6 Å².